The molecular weight excluding hydrogens is 1260 g/mol. The molecule has 0 aromatic rings. The Balaban J connectivity index is 5.28. The number of carbonyl (C=O) groups excluding carboxylic acids is 4. The van der Waals surface area contributed by atoms with E-state index < -0.39 is 97.5 Å². The van der Waals surface area contributed by atoms with Crippen LogP contribution in [0, 0.1) is 23.7 Å². The summed E-state index contributed by atoms with van der Waals surface area (Å²) in [4.78, 5) is 72.9. The topological polar surface area (TPSA) is 237 Å². The van der Waals surface area contributed by atoms with E-state index in [0.717, 1.165) is 114 Å². The highest BCUT2D eigenvalue weighted by Gasteiger charge is 2.30. The molecule has 3 N–H and O–H groups in total. The van der Waals surface area contributed by atoms with Gasteiger partial charge in [-0.15, -0.1) is 0 Å². The molecule has 0 aliphatic heterocycles. The molecule has 19 heteroatoms. The fourth-order valence-electron chi connectivity index (χ4n) is 11.7. The fraction of sp³-hybridized carbons (Fsp3) is 0.948. The van der Waals surface area contributed by atoms with Crippen molar-refractivity contribution in [1.29, 1.82) is 0 Å². The second-order valence-electron chi connectivity index (χ2n) is 29.2. The quantitative estimate of drug-likeness (QED) is 0.0222. The zero-order valence-electron chi connectivity index (χ0n) is 63.0. The van der Waals surface area contributed by atoms with Crippen molar-refractivity contribution < 1.29 is 80.2 Å². The minimum absolute atomic E-state index is 0.105. The molecule has 4 unspecified atom stereocenters. The summed E-state index contributed by atoms with van der Waals surface area (Å²) in [6.07, 6.45) is 51.1. The predicted octanol–water partition coefficient (Wildman–Crippen LogP) is 22.4. The highest BCUT2D eigenvalue weighted by atomic mass is 31.2. The van der Waals surface area contributed by atoms with Crippen LogP contribution in [-0.4, -0.2) is 96.7 Å². The number of esters is 4. The van der Waals surface area contributed by atoms with Crippen molar-refractivity contribution in [1.82, 2.24) is 0 Å². The van der Waals surface area contributed by atoms with E-state index >= 15 is 0 Å². The lowest BCUT2D eigenvalue weighted by Crippen LogP contribution is -2.30. The van der Waals surface area contributed by atoms with E-state index in [9.17, 15) is 43.2 Å². The van der Waals surface area contributed by atoms with Crippen LogP contribution in [0.15, 0.2) is 0 Å². The van der Waals surface area contributed by atoms with Gasteiger partial charge >= 0.3 is 39.5 Å². The number of hydrogen-bond donors (Lipinski definition) is 3. The maximum Gasteiger partial charge on any atom is 0.472 e. The van der Waals surface area contributed by atoms with Crippen molar-refractivity contribution in [2.24, 2.45) is 23.7 Å². The van der Waals surface area contributed by atoms with Gasteiger partial charge in [-0.2, -0.15) is 0 Å². The smallest absolute Gasteiger partial charge is 0.462 e. The number of unbranched alkanes of at least 4 members (excludes halogenated alkanes) is 38. The monoisotopic (exact) mass is 1410 g/mol. The van der Waals surface area contributed by atoms with Gasteiger partial charge in [0, 0.05) is 25.7 Å². The van der Waals surface area contributed by atoms with Gasteiger partial charge in [-0.25, -0.2) is 9.13 Å². The first-order chi connectivity index (χ1) is 46.2. The normalized spacial score (nSPS) is 14.7. The highest BCUT2D eigenvalue weighted by molar-refractivity contribution is 7.47. The summed E-state index contributed by atoms with van der Waals surface area (Å²) in [7, 11) is -9.92. The summed E-state index contributed by atoms with van der Waals surface area (Å²) in [6.45, 7) is 14.3. The molecular formula is C77H150O17P2. The van der Waals surface area contributed by atoms with Gasteiger partial charge < -0.3 is 33.8 Å². The first-order valence-corrected chi connectivity index (χ1v) is 42.8. The zero-order chi connectivity index (χ0) is 71.0. The molecule has 96 heavy (non-hydrogen) atoms. The lowest BCUT2D eigenvalue weighted by molar-refractivity contribution is -0.161. The summed E-state index contributed by atoms with van der Waals surface area (Å²) in [5.41, 5.74) is 0. The van der Waals surface area contributed by atoms with Gasteiger partial charge in [-0.3, -0.25) is 37.3 Å². The molecule has 0 bridgehead atoms. The van der Waals surface area contributed by atoms with Crippen LogP contribution in [0.3, 0.4) is 0 Å². The summed E-state index contributed by atoms with van der Waals surface area (Å²) in [6, 6.07) is 0. The fourth-order valence-corrected chi connectivity index (χ4v) is 13.2. The molecule has 7 atom stereocenters. The molecule has 0 radical (unpaired) electrons. The molecule has 0 spiro atoms. The van der Waals surface area contributed by atoms with Crippen molar-refractivity contribution in [3.8, 4) is 0 Å². The maximum atomic E-state index is 13.1. The zero-order valence-corrected chi connectivity index (χ0v) is 64.8. The third kappa shape index (κ3) is 67.9. The summed E-state index contributed by atoms with van der Waals surface area (Å²) >= 11 is 0. The van der Waals surface area contributed by atoms with Crippen molar-refractivity contribution in [2.75, 3.05) is 39.6 Å². The molecule has 0 fully saturated rings. The largest absolute Gasteiger partial charge is 0.472 e. The third-order valence-corrected chi connectivity index (χ3v) is 20.4. The second-order valence-corrected chi connectivity index (χ2v) is 32.1. The van der Waals surface area contributed by atoms with E-state index in [-0.39, 0.29) is 25.7 Å². The number of phosphoric ester groups is 2. The Morgan fingerprint density at radius 3 is 0.740 bits per heavy atom. The minimum Gasteiger partial charge on any atom is -0.462 e. The summed E-state index contributed by atoms with van der Waals surface area (Å²) in [5, 5.41) is 10.6. The predicted molar refractivity (Wildman–Crippen MR) is 391 cm³/mol. The van der Waals surface area contributed by atoms with Gasteiger partial charge in [0.2, 0.25) is 0 Å². The van der Waals surface area contributed by atoms with Crippen molar-refractivity contribution >= 4 is 39.5 Å². The highest BCUT2D eigenvalue weighted by Crippen LogP contribution is 2.45. The van der Waals surface area contributed by atoms with Crippen LogP contribution < -0.4 is 0 Å². The number of aliphatic hydroxyl groups is 1. The van der Waals surface area contributed by atoms with Crippen molar-refractivity contribution in [3.05, 3.63) is 0 Å². The van der Waals surface area contributed by atoms with E-state index in [1.165, 1.54) is 193 Å². The van der Waals surface area contributed by atoms with Gasteiger partial charge in [0.25, 0.3) is 0 Å². The Morgan fingerprint density at radius 2 is 0.500 bits per heavy atom. The average molecular weight is 1410 g/mol. The molecule has 0 saturated carbocycles. The number of rotatable bonds is 74. The molecule has 0 rings (SSSR count). The number of phosphoric acid groups is 2. The van der Waals surface area contributed by atoms with Crippen LogP contribution in [0.2, 0.25) is 0 Å². The Morgan fingerprint density at radius 1 is 0.292 bits per heavy atom. The van der Waals surface area contributed by atoms with Gasteiger partial charge in [-0.1, -0.05) is 338 Å². The Bertz CT molecular complexity index is 1890. The average Bonchev–Trinajstić information content (AvgIpc) is 1.16. The Hall–Kier alpha value is -1.94. The van der Waals surface area contributed by atoms with Crippen LogP contribution >= 0.6 is 15.6 Å². The van der Waals surface area contributed by atoms with Gasteiger partial charge in [0.05, 0.1) is 26.4 Å². The molecule has 0 heterocycles. The molecule has 17 nitrogen and oxygen atoms in total. The Kier molecular flexibility index (Phi) is 65.0. The van der Waals surface area contributed by atoms with Crippen molar-refractivity contribution in [3.63, 3.8) is 0 Å². The molecule has 0 amide bonds. The maximum absolute atomic E-state index is 13.1. The number of hydrogen-bond acceptors (Lipinski definition) is 15. The molecule has 0 aliphatic rings. The second kappa shape index (κ2) is 66.3. The molecule has 0 aromatic heterocycles. The first kappa shape index (κ1) is 94.1. The number of carbonyl (C=O) groups is 4. The van der Waals surface area contributed by atoms with E-state index in [1.807, 2.05) is 0 Å². The molecule has 570 valence electrons. The van der Waals surface area contributed by atoms with Crippen LogP contribution in [0.4, 0.5) is 0 Å². The SMILES string of the molecule is CCC(C)CCCCCCCCCCCCC(=O)OC[C@H](COP(=O)(O)OC[C@@H](O)COP(=O)(O)OC[C@@H](COC(=O)CCCCCCCCCCCC(C)C)OC(=O)CCCCCCCCCCCCC(C)CC)OC(=O)CCCCCCCCCCCCCCCC(C)C. The molecule has 0 saturated heterocycles. The molecule has 0 aromatic carbocycles. The van der Waals surface area contributed by atoms with Crippen molar-refractivity contribution in [2.45, 2.75) is 408 Å². The van der Waals surface area contributed by atoms with Crippen LogP contribution in [-0.2, 0) is 65.4 Å². The van der Waals surface area contributed by atoms with E-state index in [2.05, 4.69) is 55.4 Å². The summed E-state index contributed by atoms with van der Waals surface area (Å²) in [5.74, 6) is 1.02. The van der Waals surface area contributed by atoms with E-state index in [4.69, 9.17) is 37.0 Å². The van der Waals surface area contributed by atoms with Gasteiger partial charge in [0.1, 0.15) is 19.3 Å². The molecule has 0 aliphatic carbocycles. The third-order valence-electron chi connectivity index (χ3n) is 18.5. The van der Waals surface area contributed by atoms with E-state index in [1.54, 1.807) is 0 Å². The first-order valence-electron chi connectivity index (χ1n) is 39.8. The van der Waals surface area contributed by atoms with Gasteiger partial charge in [0.15, 0.2) is 12.2 Å². The number of ether oxygens (including phenoxy) is 4. The lowest BCUT2D eigenvalue weighted by atomic mass is 9.99. The standard InChI is InChI=1S/C77H150O17P2/c1-9-69(7)55-47-39-31-23-16-18-25-33-41-49-57-74(79)87-63-72(93-76(81)59-51-43-35-26-15-13-11-12-14-21-29-37-45-53-67(3)4)65-91-95(83,84)89-61-71(78)62-90-96(85,86)92-66-73(64-88-75(80)58-50-42-34-28-20-22-30-38-46-54-68(5)6)94-77(82)60-52-44-36-27-19-17-24-32-40-48-56-70(8)10-2/h67-73,78H,9-66H2,1-8H3,(H,83,84)(H,85,86)/t69?,70?,71-,72-,73-/m1/s1. The number of aliphatic hydroxyl groups excluding tert-OH is 1. The lowest BCUT2D eigenvalue weighted by Gasteiger charge is -2.21. The van der Waals surface area contributed by atoms with Crippen LogP contribution in [0.1, 0.15) is 389 Å². The van der Waals surface area contributed by atoms with E-state index in [0.29, 0.717) is 25.7 Å². The van der Waals surface area contributed by atoms with Crippen LogP contribution in [0.25, 0.3) is 0 Å². The minimum atomic E-state index is -4.96. The van der Waals surface area contributed by atoms with Crippen LogP contribution in [0.5, 0.6) is 0 Å². The van der Waals surface area contributed by atoms with Gasteiger partial charge in [-0.05, 0) is 49.4 Å². The Labute approximate surface area is 588 Å². The summed E-state index contributed by atoms with van der Waals surface area (Å²) < 4.78 is 68.6.